The molecule has 98 valence electrons. The number of methoxy groups -OCH3 is 1. The molecule has 0 saturated carbocycles. The van der Waals surface area contributed by atoms with Crippen LogP contribution in [0.25, 0.3) is 0 Å². The lowest BCUT2D eigenvalue weighted by Gasteiger charge is -2.28. The Bertz CT molecular complexity index is 456. The van der Waals surface area contributed by atoms with Crippen LogP contribution in [0.4, 0.5) is 0 Å². The monoisotopic (exact) mass is 249 g/mol. The van der Waals surface area contributed by atoms with E-state index in [0.29, 0.717) is 17.9 Å². The van der Waals surface area contributed by atoms with Crippen LogP contribution in [0.1, 0.15) is 18.1 Å². The van der Waals surface area contributed by atoms with Gasteiger partial charge in [-0.1, -0.05) is 17.7 Å². The summed E-state index contributed by atoms with van der Waals surface area (Å²) < 4.78 is 5.25. The smallest absolute Gasteiger partial charge is 0.328 e. The quantitative estimate of drug-likeness (QED) is 0.758. The summed E-state index contributed by atoms with van der Waals surface area (Å²) in [5, 5.41) is 12.4. The number of ether oxygens (including phenoxy) is 1. The topological polar surface area (TPSA) is 58.6 Å². The molecule has 18 heavy (non-hydrogen) atoms. The number of hydrogen-bond donors (Lipinski definition) is 2. The van der Waals surface area contributed by atoms with E-state index in [0.717, 1.165) is 5.56 Å². The first-order valence-electron chi connectivity index (χ1n) is 5.70. The van der Waals surface area contributed by atoms with Crippen molar-refractivity contribution in [1.82, 2.24) is 5.32 Å². The molecule has 0 aliphatic carbocycles. The summed E-state index contributed by atoms with van der Waals surface area (Å²) in [7, 11) is 1.53. The molecule has 0 radical (unpaired) electrons. The molecular weight excluding hydrogens is 230 g/mol. The molecule has 0 saturated heterocycles. The van der Waals surface area contributed by atoms with Crippen LogP contribution < -0.4 is 10.1 Å². The Kier molecular flexibility index (Phi) is 4.50. The van der Waals surface area contributed by atoms with Crippen LogP contribution in [-0.2, 0) is 10.3 Å². The molecule has 0 spiro atoms. The third kappa shape index (κ3) is 2.71. The normalized spacial score (nSPS) is 13.7. The lowest BCUT2D eigenvalue weighted by Crippen LogP contribution is -2.47. The van der Waals surface area contributed by atoms with Gasteiger partial charge in [-0.25, -0.2) is 4.79 Å². The predicted molar refractivity (Wildman–Crippen MR) is 70.9 cm³/mol. The molecule has 1 atom stereocenters. The highest BCUT2D eigenvalue weighted by Crippen LogP contribution is 2.31. The van der Waals surface area contributed by atoms with Gasteiger partial charge in [0.2, 0.25) is 0 Å². The van der Waals surface area contributed by atoms with Crippen molar-refractivity contribution in [3.05, 3.63) is 42.0 Å². The molecule has 4 nitrogen and oxygen atoms in total. The van der Waals surface area contributed by atoms with E-state index >= 15 is 0 Å². The van der Waals surface area contributed by atoms with Gasteiger partial charge in [-0.2, -0.15) is 0 Å². The van der Waals surface area contributed by atoms with Crippen molar-refractivity contribution in [3.63, 3.8) is 0 Å². The number of carboxylic acids is 1. The molecule has 0 aromatic heterocycles. The summed E-state index contributed by atoms with van der Waals surface area (Å²) in [5.41, 5.74) is 0.393. The average Bonchev–Trinajstić information content (AvgIpc) is 2.35. The minimum Gasteiger partial charge on any atom is -0.496 e. The van der Waals surface area contributed by atoms with E-state index in [9.17, 15) is 9.90 Å². The lowest BCUT2D eigenvalue weighted by atomic mass is 9.90. The maximum absolute atomic E-state index is 11.6. The molecule has 0 amide bonds. The number of rotatable bonds is 6. The molecule has 0 bridgehead atoms. The fraction of sp³-hybridized carbons (Fsp3) is 0.357. The zero-order chi connectivity index (χ0) is 13.8. The Morgan fingerprint density at radius 2 is 2.28 bits per heavy atom. The Balaban J connectivity index is 3.32. The molecule has 0 aliphatic heterocycles. The van der Waals surface area contributed by atoms with Gasteiger partial charge in [0.25, 0.3) is 0 Å². The Morgan fingerprint density at radius 3 is 2.78 bits per heavy atom. The van der Waals surface area contributed by atoms with Gasteiger partial charge in [0.1, 0.15) is 11.3 Å². The molecule has 1 aromatic rings. The average molecular weight is 249 g/mol. The Morgan fingerprint density at radius 1 is 1.61 bits per heavy atom. The van der Waals surface area contributed by atoms with Gasteiger partial charge in [0.15, 0.2) is 0 Å². The first-order valence-corrected chi connectivity index (χ1v) is 5.70. The SMILES string of the molecule is C=CCNC(C)(C(=O)O)c1cc(C)ccc1OC. The van der Waals surface area contributed by atoms with Gasteiger partial charge in [-0.05, 0) is 26.0 Å². The number of nitrogens with one attached hydrogen (secondary N) is 1. The largest absolute Gasteiger partial charge is 0.496 e. The second-order valence-electron chi connectivity index (χ2n) is 4.30. The van der Waals surface area contributed by atoms with Crippen molar-refractivity contribution in [2.24, 2.45) is 0 Å². The molecule has 4 heteroatoms. The zero-order valence-corrected chi connectivity index (χ0v) is 11.0. The van der Waals surface area contributed by atoms with E-state index in [1.54, 1.807) is 19.1 Å². The molecule has 2 N–H and O–H groups in total. The van der Waals surface area contributed by atoms with Crippen molar-refractivity contribution in [2.75, 3.05) is 13.7 Å². The fourth-order valence-corrected chi connectivity index (χ4v) is 1.77. The number of carboxylic acid groups (broad SMARTS) is 1. The van der Waals surface area contributed by atoms with Gasteiger partial charge >= 0.3 is 5.97 Å². The minimum atomic E-state index is -1.20. The van der Waals surface area contributed by atoms with Gasteiger partial charge in [0, 0.05) is 12.1 Å². The van der Waals surface area contributed by atoms with Gasteiger partial charge in [-0.3, -0.25) is 5.32 Å². The third-order valence-electron chi connectivity index (χ3n) is 2.92. The highest BCUT2D eigenvalue weighted by Gasteiger charge is 2.37. The van der Waals surface area contributed by atoms with E-state index in [4.69, 9.17) is 4.74 Å². The zero-order valence-electron chi connectivity index (χ0n) is 11.0. The number of carbonyl (C=O) groups is 1. The van der Waals surface area contributed by atoms with Crippen LogP contribution in [-0.4, -0.2) is 24.7 Å². The number of benzene rings is 1. The number of aliphatic carboxylic acids is 1. The van der Waals surface area contributed by atoms with E-state index in [2.05, 4.69) is 11.9 Å². The predicted octanol–water partition coefficient (Wildman–Crippen LogP) is 2.08. The molecule has 0 aliphatic rings. The van der Waals surface area contributed by atoms with Crippen LogP contribution in [0.15, 0.2) is 30.9 Å². The van der Waals surface area contributed by atoms with Crippen molar-refractivity contribution < 1.29 is 14.6 Å². The van der Waals surface area contributed by atoms with Crippen LogP contribution in [0.2, 0.25) is 0 Å². The molecular formula is C14H19NO3. The Hall–Kier alpha value is -1.81. The lowest BCUT2D eigenvalue weighted by molar-refractivity contribution is -0.144. The van der Waals surface area contributed by atoms with Gasteiger partial charge in [0.05, 0.1) is 7.11 Å². The summed E-state index contributed by atoms with van der Waals surface area (Å²) in [5.74, 6) is -0.393. The second kappa shape index (κ2) is 5.69. The summed E-state index contributed by atoms with van der Waals surface area (Å²) in [6.45, 7) is 7.53. The van der Waals surface area contributed by atoms with Crippen LogP contribution >= 0.6 is 0 Å². The maximum atomic E-state index is 11.6. The van der Waals surface area contributed by atoms with E-state index in [1.807, 2.05) is 19.1 Å². The minimum absolute atomic E-state index is 0.403. The van der Waals surface area contributed by atoms with Gasteiger partial charge in [-0.15, -0.1) is 6.58 Å². The van der Waals surface area contributed by atoms with E-state index in [1.165, 1.54) is 7.11 Å². The van der Waals surface area contributed by atoms with Gasteiger partial charge < -0.3 is 9.84 Å². The van der Waals surface area contributed by atoms with E-state index < -0.39 is 11.5 Å². The van der Waals surface area contributed by atoms with Crippen LogP contribution in [0.5, 0.6) is 5.75 Å². The third-order valence-corrected chi connectivity index (χ3v) is 2.92. The highest BCUT2D eigenvalue weighted by atomic mass is 16.5. The van der Waals surface area contributed by atoms with Crippen molar-refractivity contribution in [1.29, 1.82) is 0 Å². The van der Waals surface area contributed by atoms with Crippen molar-refractivity contribution in [2.45, 2.75) is 19.4 Å². The maximum Gasteiger partial charge on any atom is 0.328 e. The summed E-state index contributed by atoms with van der Waals surface area (Å²) in [4.78, 5) is 11.6. The first kappa shape index (κ1) is 14.3. The molecule has 0 heterocycles. The summed E-state index contributed by atoms with van der Waals surface area (Å²) >= 11 is 0. The summed E-state index contributed by atoms with van der Waals surface area (Å²) in [6, 6.07) is 5.49. The standard InChI is InChI=1S/C14H19NO3/c1-5-8-15-14(3,13(16)17)11-9-10(2)6-7-12(11)18-4/h5-7,9,15H,1,8H2,2-4H3,(H,16,17). The van der Waals surface area contributed by atoms with Crippen molar-refractivity contribution in [3.8, 4) is 5.75 Å². The molecule has 0 fully saturated rings. The fourth-order valence-electron chi connectivity index (χ4n) is 1.77. The molecule has 1 unspecified atom stereocenters. The molecule has 1 rings (SSSR count). The van der Waals surface area contributed by atoms with Crippen molar-refractivity contribution >= 4 is 5.97 Å². The van der Waals surface area contributed by atoms with Crippen LogP contribution in [0.3, 0.4) is 0 Å². The Labute approximate surface area is 107 Å². The summed E-state index contributed by atoms with van der Waals surface area (Å²) in [6.07, 6.45) is 1.63. The second-order valence-corrected chi connectivity index (χ2v) is 4.30. The van der Waals surface area contributed by atoms with Crippen LogP contribution in [0, 0.1) is 6.92 Å². The first-order chi connectivity index (χ1) is 8.45. The van der Waals surface area contributed by atoms with E-state index in [-0.39, 0.29) is 0 Å². The number of aryl methyl sites for hydroxylation is 1. The molecule has 1 aromatic carbocycles. The number of hydrogen-bond acceptors (Lipinski definition) is 3. The highest BCUT2D eigenvalue weighted by molar-refractivity contribution is 5.81.